The van der Waals surface area contributed by atoms with Gasteiger partial charge in [-0.05, 0) is 0 Å². The van der Waals surface area contributed by atoms with E-state index in [4.69, 9.17) is 24.0 Å². The molecule has 0 aliphatic carbocycles. The molecule has 0 saturated heterocycles. The first kappa shape index (κ1) is 62.8. The van der Waals surface area contributed by atoms with E-state index in [-0.39, 0.29) is 0 Å². The molecule has 0 radical (unpaired) electrons. The summed E-state index contributed by atoms with van der Waals surface area (Å²) in [5, 5.41) is 0. The Morgan fingerprint density at radius 3 is 0.726 bits per heavy atom. The first-order chi connectivity index (χ1) is 35.4. The molecule has 0 aromatic heterocycles. The number of halogens is 4. The number of hydrogen-bond donors (Lipinski definition) is 0. The van der Waals surface area contributed by atoms with Crippen molar-refractivity contribution in [1.29, 1.82) is 0 Å². The van der Waals surface area contributed by atoms with E-state index in [0.717, 1.165) is 103 Å². The van der Waals surface area contributed by atoms with Gasteiger partial charge in [-0.25, -0.2) is 0 Å². The third-order valence-electron chi connectivity index (χ3n) is 12.0. The van der Waals surface area contributed by atoms with Crippen molar-refractivity contribution >= 4 is 60.7 Å². The number of rotatable bonds is 42. The summed E-state index contributed by atoms with van der Waals surface area (Å²) in [7, 11) is -12.4. The molecule has 73 heavy (non-hydrogen) atoms. The first-order valence-electron chi connectivity index (χ1n) is 26.9. The molecule has 0 bridgehead atoms. The van der Waals surface area contributed by atoms with Crippen LogP contribution in [0.15, 0.2) is 97.1 Å². The van der Waals surface area contributed by atoms with Gasteiger partial charge in [0.15, 0.2) is 0 Å². The predicted molar refractivity (Wildman–Crippen MR) is 309 cm³/mol. The average molecular weight is 1290 g/mol. The van der Waals surface area contributed by atoms with Crippen molar-refractivity contribution in [2.75, 3.05) is 26.4 Å². The summed E-state index contributed by atoms with van der Waals surface area (Å²) in [5.74, 6) is 2.12. The van der Waals surface area contributed by atoms with Crippen molar-refractivity contribution in [2.45, 2.75) is 186 Å². The van der Waals surface area contributed by atoms with Gasteiger partial charge in [-0.15, -0.1) is 0 Å². The topological polar surface area (TPSA) is 124 Å². The molecule has 0 aliphatic heterocycles. The molecule has 0 unspecified atom stereocenters. The zero-order valence-corrected chi connectivity index (χ0v) is 49.9. The summed E-state index contributed by atoms with van der Waals surface area (Å²) in [4.78, 5) is 0. The van der Waals surface area contributed by atoms with Crippen LogP contribution in [-0.2, 0) is 25.3 Å². The number of hydrogen-bond acceptors (Lipinski definition) is 10. The van der Waals surface area contributed by atoms with Crippen LogP contribution in [0.4, 0.5) is 8.78 Å². The number of alkyl halides is 2. The van der Waals surface area contributed by atoms with Crippen molar-refractivity contribution in [3.05, 3.63) is 111 Å². The molecule has 0 spiro atoms. The molecule has 0 aliphatic rings. The molecular formula is C57H84F2I2O10S2. The summed E-state index contributed by atoms with van der Waals surface area (Å²) >= 11 is -7.71. The van der Waals surface area contributed by atoms with E-state index < -0.39 is 65.3 Å². The minimum atomic E-state index is -6.21. The van der Waals surface area contributed by atoms with Gasteiger partial charge in [0.1, 0.15) is 0 Å². The van der Waals surface area contributed by atoms with E-state index >= 15 is 8.78 Å². The van der Waals surface area contributed by atoms with Crippen LogP contribution in [0.2, 0.25) is 0 Å². The minimum absolute atomic E-state index is 0.334. The van der Waals surface area contributed by atoms with Crippen molar-refractivity contribution in [3.8, 4) is 23.0 Å². The van der Waals surface area contributed by atoms with E-state index in [0.29, 0.717) is 63.7 Å². The summed E-state index contributed by atoms with van der Waals surface area (Å²) < 4.78 is 120. The second-order valence-corrected chi connectivity index (χ2v) is 31.6. The Bertz CT molecular complexity index is 2000. The van der Waals surface area contributed by atoms with Crippen LogP contribution < -0.4 is 18.9 Å². The van der Waals surface area contributed by atoms with Gasteiger partial charge in [0.2, 0.25) is 0 Å². The van der Waals surface area contributed by atoms with E-state index in [2.05, 4.69) is 27.7 Å². The Labute approximate surface area is 453 Å². The quantitative estimate of drug-likeness (QED) is 0.0313. The molecule has 4 aromatic carbocycles. The monoisotopic (exact) mass is 1280 g/mol. The molecule has 0 atom stereocenters. The molecule has 0 saturated carbocycles. The molecular weight excluding hydrogens is 1200 g/mol. The van der Waals surface area contributed by atoms with E-state index in [1.165, 1.54) is 51.4 Å². The van der Waals surface area contributed by atoms with Gasteiger partial charge in [-0.3, -0.25) is 0 Å². The van der Waals surface area contributed by atoms with Gasteiger partial charge in [-0.2, -0.15) is 0 Å². The zero-order valence-electron chi connectivity index (χ0n) is 43.9. The van der Waals surface area contributed by atoms with Crippen molar-refractivity contribution in [2.24, 2.45) is 0 Å². The Hall–Kier alpha value is -2.78. The van der Waals surface area contributed by atoms with E-state index in [9.17, 15) is 16.8 Å². The van der Waals surface area contributed by atoms with Gasteiger partial charge in [0.25, 0.3) is 0 Å². The fourth-order valence-corrected chi connectivity index (χ4v) is 22.5. The van der Waals surface area contributed by atoms with Gasteiger partial charge in [0.05, 0.1) is 0 Å². The van der Waals surface area contributed by atoms with Crippen LogP contribution in [-0.4, -0.2) is 47.8 Å². The summed E-state index contributed by atoms with van der Waals surface area (Å²) in [6.45, 7) is 10.6. The van der Waals surface area contributed by atoms with Crippen molar-refractivity contribution in [3.63, 3.8) is 0 Å². The van der Waals surface area contributed by atoms with Gasteiger partial charge in [-0.1, -0.05) is 27.7 Å². The maximum absolute atomic E-state index is 16.6. The Kier molecular flexibility index (Phi) is 30.5. The molecule has 4 rings (SSSR count). The SMILES string of the molecule is CCCCCCCCOc1ccc(I(OS(=O)(=O)C(F)(F)S(=O)(=O)OI(c2ccc(OCCCCCCCC)cc2)c2ccc(OCCCCCCCC)cc2)c2ccc(OCCCCCCCC)cc2)cc1. The Morgan fingerprint density at radius 2 is 0.521 bits per heavy atom. The van der Waals surface area contributed by atoms with Crippen LogP contribution in [0.3, 0.4) is 0 Å². The molecule has 0 N–H and O–H groups in total. The maximum atomic E-state index is 16.6. The molecule has 10 nitrogen and oxygen atoms in total. The fourth-order valence-electron chi connectivity index (χ4n) is 7.63. The molecule has 4 aromatic rings. The third kappa shape index (κ3) is 22.8. The predicted octanol–water partition coefficient (Wildman–Crippen LogP) is 17.5. The van der Waals surface area contributed by atoms with E-state index in [1.807, 2.05) is 0 Å². The molecule has 0 fully saturated rings. The van der Waals surface area contributed by atoms with Crippen molar-refractivity contribution in [1.82, 2.24) is 0 Å². The normalized spacial score (nSPS) is 12.4. The molecule has 0 heterocycles. The van der Waals surface area contributed by atoms with Crippen LogP contribution in [0, 0.1) is 14.3 Å². The standard InChI is InChI=1S/C57H84F2I2O10S2/c1-5-9-13-17-21-25-45-66-53-37-29-49(30-38-53)60(50-31-39-54(40-32-50)67-46-26-22-18-14-10-6-2)70-72(62,63)57(58,59)73(64,65)71-61(51-33-41-55(42-34-51)68-47-27-23-19-15-11-7-3)52-35-43-56(44-36-52)69-48-28-24-20-16-12-8-4/h29-44H,5-28,45-48H2,1-4H3. The van der Waals surface area contributed by atoms with Crippen LogP contribution in [0.1, 0.15) is 182 Å². The number of ether oxygens (including phenoxy) is 4. The van der Waals surface area contributed by atoms with Crippen molar-refractivity contribution < 1.29 is 49.6 Å². The molecule has 0 amide bonds. The van der Waals surface area contributed by atoms with Crippen LogP contribution >= 0.6 is 40.5 Å². The summed E-state index contributed by atoms with van der Waals surface area (Å²) in [6, 6.07) is 25.9. The Balaban J connectivity index is 1.58. The first-order valence-corrected chi connectivity index (χ1v) is 35.8. The molecule has 412 valence electrons. The second kappa shape index (κ2) is 35.5. The summed E-state index contributed by atoms with van der Waals surface area (Å²) in [6.07, 6.45) is 26.2. The second-order valence-electron chi connectivity index (χ2n) is 18.3. The average Bonchev–Trinajstić information content (AvgIpc) is 3.39. The fraction of sp³-hybridized carbons (Fsp3) is 0.579. The van der Waals surface area contributed by atoms with E-state index in [1.54, 1.807) is 97.1 Å². The van der Waals surface area contributed by atoms with Gasteiger partial charge < -0.3 is 0 Å². The zero-order chi connectivity index (χ0) is 52.6. The Morgan fingerprint density at radius 1 is 0.329 bits per heavy atom. The van der Waals surface area contributed by atoms with Gasteiger partial charge in [0, 0.05) is 0 Å². The summed E-state index contributed by atoms with van der Waals surface area (Å²) in [5.41, 5.74) is 0. The third-order valence-corrected chi connectivity index (χ3v) is 27.4. The van der Waals surface area contributed by atoms with Crippen LogP contribution in [0.25, 0.3) is 0 Å². The number of unbranched alkanes of at least 4 members (excludes halogenated alkanes) is 20. The van der Waals surface area contributed by atoms with Gasteiger partial charge >= 0.3 is 430 Å². The van der Waals surface area contributed by atoms with Crippen LogP contribution in [0.5, 0.6) is 23.0 Å². The number of benzene rings is 4. The molecule has 16 heteroatoms.